The molecule has 0 N–H and O–H groups in total. The van der Waals surface area contributed by atoms with E-state index in [1.54, 1.807) is 24.3 Å². The molecule has 0 saturated carbocycles. The van der Waals surface area contributed by atoms with Crippen molar-refractivity contribution in [3.63, 3.8) is 0 Å². The van der Waals surface area contributed by atoms with Crippen molar-refractivity contribution in [2.75, 3.05) is 0 Å². The lowest BCUT2D eigenvalue weighted by Gasteiger charge is -1.97. The fourth-order valence-electron chi connectivity index (χ4n) is 1.82. The summed E-state index contributed by atoms with van der Waals surface area (Å²) in [6.45, 7) is 0. The van der Waals surface area contributed by atoms with Crippen LogP contribution >= 0.6 is 0 Å². The minimum absolute atomic E-state index is 0.264. The second-order valence-electron chi connectivity index (χ2n) is 4.11. The fourth-order valence-corrected chi connectivity index (χ4v) is 1.82. The highest BCUT2D eigenvalue weighted by molar-refractivity contribution is 5.52. The van der Waals surface area contributed by atoms with Crippen LogP contribution in [0.1, 0.15) is 5.56 Å². The Hall–Kier alpha value is -3.13. The molecule has 0 atom stereocenters. The van der Waals surface area contributed by atoms with Crippen molar-refractivity contribution in [1.29, 1.82) is 5.26 Å². The molecule has 0 aliphatic heterocycles. The molecule has 0 aliphatic carbocycles. The van der Waals surface area contributed by atoms with Gasteiger partial charge in [-0.05, 0) is 36.4 Å². The Morgan fingerprint density at radius 3 is 2.40 bits per heavy atom. The lowest BCUT2D eigenvalue weighted by Crippen LogP contribution is -2.13. The molecule has 0 saturated heterocycles. The van der Waals surface area contributed by atoms with E-state index in [0.717, 1.165) is 5.56 Å². The van der Waals surface area contributed by atoms with E-state index in [1.165, 1.54) is 4.68 Å². The van der Waals surface area contributed by atoms with Gasteiger partial charge in [0.15, 0.2) is 0 Å². The highest BCUT2D eigenvalue weighted by Crippen LogP contribution is 2.15. The smallest absolute Gasteiger partial charge is 0.387 e. The predicted molar refractivity (Wildman–Crippen MR) is 72.3 cm³/mol. The summed E-state index contributed by atoms with van der Waals surface area (Å²) in [5, 5.41) is 12.9. The standard InChI is InChI=1S/C15H9N3O2/c16-10-11-6-8-13(9-7-11)18-15(19)20-14(17-18)12-4-2-1-3-5-12/h1-9H. The summed E-state index contributed by atoms with van der Waals surface area (Å²) in [4.78, 5) is 11.8. The molecule has 1 aromatic heterocycles. The molecule has 3 rings (SSSR count). The van der Waals surface area contributed by atoms with Gasteiger partial charge in [0.25, 0.3) is 0 Å². The van der Waals surface area contributed by atoms with Gasteiger partial charge in [-0.25, -0.2) is 4.79 Å². The average Bonchev–Trinajstić information content (AvgIpc) is 2.90. The first-order valence-electron chi connectivity index (χ1n) is 5.94. The summed E-state index contributed by atoms with van der Waals surface area (Å²) in [6, 6.07) is 17.8. The van der Waals surface area contributed by atoms with Crippen molar-refractivity contribution < 1.29 is 4.42 Å². The third kappa shape index (κ3) is 2.10. The quantitative estimate of drug-likeness (QED) is 0.711. The molecular weight excluding hydrogens is 254 g/mol. The first kappa shape index (κ1) is 11.9. The summed E-state index contributed by atoms with van der Waals surface area (Å²) < 4.78 is 6.31. The zero-order valence-electron chi connectivity index (χ0n) is 10.4. The number of nitrogens with zero attached hydrogens (tertiary/aromatic N) is 3. The molecule has 0 bridgehead atoms. The van der Waals surface area contributed by atoms with E-state index >= 15 is 0 Å². The van der Waals surface area contributed by atoms with E-state index in [2.05, 4.69) is 5.10 Å². The van der Waals surface area contributed by atoms with Crippen molar-refractivity contribution in [2.24, 2.45) is 0 Å². The number of rotatable bonds is 2. The first-order chi connectivity index (χ1) is 9.78. The van der Waals surface area contributed by atoms with Gasteiger partial charge in [0.2, 0.25) is 5.89 Å². The maximum absolute atomic E-state index is 11.8. The summed E-state index contributed by atoms with van der Waals surface area (Å²) in [6.07, 6.45) is 0. The van der Waals surface area contributed by atoms with Crippen LogP contribution in [0.5, 0.6) is 0 Å². The molecule has 3 aromatic rings. The topological polar surface area (TPSA) is 71.8 Å². The largest absolute Gasteiger partial charge is 0.442 e. The van der Waals surface area contributed by atoms with Crippen LogP contribution in [0.3, 0.4) is 0 Å². The molecule has 2 aromatic carbocycles. The molecular formula is C15H9N3O2. The lowest BCUT2D eigenvalue weighted by molar-refractivity contribution is 0.516. The molecule has 5 heteroatoms. The molecule has 0 aliphatic rings. The van der Waals surface area contributed by atoms with Gasteiger partial charge in [-0.3, -0.25) is 0 Å². The average molecular weight is 263 g/mol. The molecule has 0 radical (unpaired) electrons. The monoisotopic (exact) mass is 263 g/mol. The van der Waals surface area contributed by atoms with Crippen molar-refractivity contribution in [3.8, 4) is 23.2 Å². The van der Waals surface area contributed by atoms with Gasteiger partial charge in [0.1, 0.15) is 0 Å². The van der Waals surface area contributed by atoms with Crippen LogP contribution in [-0.4, -0.2) is 9.78 Å². The minimum atomic E-state index is -0.562. The SMILES string of the molecule is N#Cc1ccc(-n2nc(-c3ccccc3)oc2=O)cc1. The summed E-state index contributed by atoms with van der Waals surface area (Å²) in [7, 11) is 0. The van der Waals surface area contributed by atoms with Crippen molar-refractivity contribution in [3.05, 3.63) is 70.7 Å². The Morgan fingerprint density at radius 1 is 1.05 bits per heavy atom. The Labute approximate surface area is 114 Å². The van der Waals surface area contributed by atoms with Gasteiger partial charge in [0.05, 0.1) is 17.3 Å². The number of hydrogen-bond acceptors (Lipinski definition) is 4. The maximum Gasteiger partial charge on any atom is 0.442 e. The number of benzene rings is 2. The molecule has 96 valence electrons. The van der Waals surface area contributed by atoms with Gasteiger partial charge in [-0.15, -0.1) is 5.10 Å². The van der Waals surface area contributed by atoms with Gasteiger partial charge >= 0.3 is 5.76 Å². The molecule has 20 heavy (non-hydrogen) atoms. The van der Waals surface area contributed by atoms with Gasteiger partial charge < -0.3 is 4.42 Å². The maximum atomic E-state index is 11.8. The van der Waals surface area contributed by atoms with Crippen molar-refractivity contribution >= 4 is 0 Å². The van der Waals surface area contributed by atoms with Crippen LogP contribution in [0.15, 0.2) is 63.8 Å². The highest BCUT2D eigenvalue weighted by atomic mass is 16.4. The van der Waals surface area contributed by atoms with E-state index in [9.17, 15) is 4.79 Å². The van der Waals surface area contributed by atoms with Crippen LogP contribution in [-0.2, 0) is 0 Å². The first-order valence-corrected chi connectivity index (χ1v) is 5.94. The third-order valence-electron chi connectivity index (χ3n) is 2.81. The molecule has 1 heterocycles. The zero-order valence-corrected chi connectivity index (χ0v) is 10.4. The van der Waals surface area contributed by atoms with E-state index in [4.69, 9.17) is 9.68 Å². The van der Waals surface area contributed by atoms with Crippen LogP contribution in [0, 0.1) is 11.3 Å². The fraction of sp³-hybridized carbons (Fsp3) is 0. The van der Waals surface area contributed by atoms with E-state index in [0.29, 0.717) is 11.3 Å². The van der Waals surface area contributed by atoms with Crippen LogP contribution < -0.4 is 5.76 Å². The molecule has 0 amide bonds. The predicted octanol–water partition coefficient (Wildman–Crippen LogP) is 2.36. The Morgan fingerprint density at radius 2 is 1.75 bits per heavy atom. The molecule has 0 spiro atoms. The van der Waals surface area contributed by atoms with E-state index in [-0.39, 0.29) is 5.89 Å². The Balaban J connectivity index is 2.05. The minimum Gasteiger partial charge on any atom is -0.387 e. The highest BCUT2D eigenvalue weighted by Gasteiger charge is 2.11. The van der Waals surface area contributed by atoms with Crippen molar-refractivity contribution in [2.45, 2.75) is 0 Å². The lowest BCUT2D eigenvalue weighted by atomic mass is 10.2. The van der Waals surface area contributed by atoms with Crippen LogP contribution in [0.4, 0.5) is 0 Å². The van der Waals surface area contributed by atoms with Crippen molar-refractivity contribution in [1.82, 2.24) is 9.78 Å². The number of hydrogen-bond donors (Lipinski definition) is 0. The number of nitriles is 1. The van der Waals surface area contributed by atoms with Gasteiger partial charge in [0, 0.05) is 5.56 Å². The van der Waals surface area contributed by atoms with Crippen LogP contribution in [0.2, 0.25) is 0 Å². The summed E-state index contributed by atoms with van der Waals surface area (Å²) >= 11 is 0. The van der Waals surface area contributed by atoms with Crippen LogP contribution in [0.25, 0.3) is 17.1 Å². The van der Waals surface area contributed by atoms with Gasteiger partial charge in [-0.2, -0.15) is 9.94 Å². The van der Waals surface area contributed by atoms with E-state index in [1.807, 2.05) is 36.4 Å². The Kier molecular flexibility index (Phi) is 2.90. The zero-order chi connectivity index (χ0) is 13.9. The normalized spacial score (nSPS) is 10.2. The molecule has 5 nitrogen and oxygen atoms in total. The summed E-state index contributed by atoms with van der Waals surface area (Å²) in [5.74, 6) is -0.298. The number of aromatic nitrogens is 2. The second-order valence-corrected chi connectivity index (χ2v) is 4.11. The Bertz CT molecular complexity index is 824. The van der Waals surface area contributed by atoms with E-state index < -0.39 is 5.76 Å². The summed E-state index contributed by atoms with van der Waals surface area (Å²) in [5.41, 5.74) is 1.81. The third-order valence-corrected chi connectivity index (χ3v) is 2.81. The molecule has 0 unspecified atom stereocenters. The van der Waals surface area contributed by atoms with Gasteiger partial charge in [-0.1, -0.05) is 18.2 Å². The second kappa shape index (κ2) is 4.86. The molecule has 0 fully saturated rings.